The molecule has 1 aliphatic rings. The standard InChI is InChI=1S/C12H17NO3/c13-5-4-10(14)9-2-3-11-12(8-9)16-7-1-6-15-11/h2-3,8,10,14H,1,4-7,13H2. The Bertz CT molecular complexity index is 354. The lowest BCUT2D eigenvalue weighted by molar-refractivity contribution is 0.169. The van der Waals surface area contributed by atoms with Crippen molar-refractivity contribution < 1.29 is 14.6 Å². The van der Waals surface area contributed by atoms with E-state index in [0.29, 0.717) is 31.9 Å². The first kappa shape index (κ1) is 11.2. The fourth-order valence-electron chi connectivity index (χ4n) is 1.71. The Balaban J connectivity index is 2.20. The van der Waals surface area contributed by atoms with E-state index in [2.05, 4.69) is 0 Å². The molecule has 4 heteroatoms. The summed E-state index contributed by atoms with van der Waals surface area (Å²) >= 11 is 0. The van der Waals surface area contributed by atoms with Crippen LogP contribution in [0.2, 0.25) is 0 Å². The topological polar surface area (TPSA) is 64.7 Å². The fourth-order valence-corrected chi connectivity index (χ4v) is 1.71. The molecule has 0 amide bonds. The van der Waals surface area contributed by atoms with Crippen LogP contribution in [0.3, 0.4) is 0 Å². The minimum atomic E-state index is -0.526. The molecular weight excluding hydrogens is 206 g/mol. The summed E-state index contributed by atoms with van der Waals surface area (Å²) in [6, 6.07) is 5.53. The third kappa shape index (κ3) is 2.46. The molecule has 4 nitrogen and oxygen atoms in total. The van der Waals surface area contributed by atoms with Crippen LogP contribution in [-0.4, -0.2) is 24.9 Å². The second-order valence-electron chi connectivity index (χ2n) is 3.85. The molecule has 1 atom stereocenters. The molecule has 0 bridgehead atoms. The smallest absolute Gasteiger partial charge is 0.161 e. The lowest BCUT2D eigenvalue weighted by Crippen LogP contribution is -2.07. The largest absolute Gasteiger partial charge is 0.490 e. The van der Waals surface area contributed by atoms with Crippen LogP contribution in [0.15, 0.2) is 18.2 Å². The van der Waals surface area contributed by atoms with Gasteiger partial charge in [0.15, 0.2) is 11.5 Å². The summed E-state index contributed by atoms with van der Waals surface area (Å²) in [6.45, 7) is 1.80. The van der Waals surface area contributed by atoms with Crippen molar-refractivity contribution in [2.24, 2.45) is 5.73 Å². The Kier molecular flexibility index (Phi) is 3.64. The summed E-state index contributed by atoms with van der Waals surface area (Å²) in [4.78, 5) is 0. The van der Waals surface area contributed by atoms with Crippen LogP contribution in [-0.2, 0) is 0 Å². The summed E-state index contributed by atoms with van der Waals surface area (Å²) < 4.78 is 11.1. The first-order chi connectivity index (χ1) is 7.81. The maximum Gasteiger partial charge on any atom is 0.161 e. The van der Waals surface area contributed by atoms with Crippen LogP contribution in [0.5, 0.6) is 11.5 Å². The van der Waals surface area contributed by atoms with E-state index >= 15 is 0 Å². The Morgan fingerprint density at radius 2 is 2.00 bits per heavy atom. The van der Waals surface area contributed by atoms with Gasteiger partial charge in [0.05, 0.1) is 19.3 Å². The van der Waals surface area contributed by atoms with Gasteiger partial charge in [-0.05, 0) is 30.7 Å². The molecule has 1 aromatic rings. The third-order valence-electron chi connectivity index (χ3n) is 2.60. The van der Waals surface area contributed by atoms with Gasteiger partial charge in [-0.25, -0.2) is 0 Å². The van der Waals surface area contributed by atoms with E-state index in [0.717, 1.165) is 17.7 Å². The minimum Gasteiger partial charge on any atom is -0.490 e. The molecule has 0 fully saturated rings. The lowest BCUT2D eigenvalue weighted by Gasteiger charge is -2.13. The minimum absolute atomic E-state index is 0.468. The fraction of sp³-hybridized carbons (Fsp3) is 0.500. The van der Waals surface area contributed by atoms with Crippen LogP contribution in [0.25, 0.3) is 0 Å². The van der Waals surface area contributed by atoms with Gasteiger partial charge in [-0.1, -0.05) is 6.07 Å². The van der Waals surface area contributed by atoms with Gasteiger partial charge in [0, 0.05) is 6.42 Å². The van der Waals surface area contributed by atoms with E-state index in [4.69, 9.17) is 15.2 Å². The van der Waals surface area contributed by atoms with E-state index in [1.54, 1.807) is 0 Å². The number of rotatable bonds is 3. The number of hydrogen-bond acceptors (Lipinski definition) is 4. The molecule has 0 aromatic heterocycles. The number of ether oxygens (including phenoxy) is 2. The van der Waals surface area contributed by atoms with Gasteiger partial charge in [0.25, 0.3) is 0 Å². The quantitative estimate of drug-likeness (QED) is 0.809. The lowest BCUT2D eigenvalue weighted by atomic mass is 10.1. The number of hydrogen-bond donors (Lipinski definition) is 2. The molecule has 0 aliphatic carbocycles. The molecular formula is C12H17NO3. The summed E-state index contributed by atoms with van der Waals surface area (Å²) in [5.74, 6) is 1.47. The van der Waals surface area contributed by atoms with Crippen molar-refractivity contribution in [3.63, 3.8) is 0 Å². The van der Waals surface area contributed by atoms with Crippen molar-refractivity contribution in [3.05, 3.63) is 23.8 Å². The normalized spacial score (nSPS) is 16.6. The highest BCUT2D eigenvalue weighted by molar-refractivity contribution is 5.44. The van der Waals surface area contributed by atoms with E-state index in [1.165, 1.54) is 0 Å². The van der Waals surface area contributed by atoms with Gasteiger partial charge >= 0.3 is 0 Å². The van der Waals surface area contributed by atoms with Crippen molar-refractivity contribution in [2.75, 3.05) is 19.8 Å². The third-order valence-corrected chi connectivity index (χ3v) is 2.60. The average Bonchev–Trinajstić information content (AvgIpc) is 2.53. The molecule has 1 heterocycles. The summed E-state index contributed by atoms with van der Waals surface area (Å²) in [5, 5.41) is 9.82. The molecule has 0 saturated carbocycles. The number of aliphatic hydroxyl groups is 1. The number of aliphatic hydroxyl groups excluding tert-OH is 1. The summed E-state index contributed by atoms with van der Waals surface area (Å²) in [6.07, 6.45) is 0.914. The van der Waals surface area contributed by atoms with Gasteiger partial charge in [0.2, 0.25) is 0 Å². The Morgan fingerprint density at radius 1 is 1.25 bits per heavy atom. The Morgan fingerprint density at radius 3 is 2.75 bits per heavy atom. The van der Waals surface area contributed by atoms with Crippen LogP contribution >= 0.6 is 0 Å². The summed E-state index contributed by atoms with van der Waals surface area (Å²) in [5.41, 5.74) is 6.24. The Hall–Kier alpha value is -1.26. The van der Waals surface area contributed by atoms with E-state index < -0.39 is 6.10 Å². The first-order valence-electron chi connectivity index (χ1n) is 5.59. The monoisotopic (exact) mass is 223 g/mol. The molecule has 3 N–H and O–H groups in total. The molecule has 16 heavy (non-hydrogen) atoms. The molecule has 1 aromatic carbocycles. The van der Waals surface area contributed by atoms with Crippen molar-refractivity contribution in [3.8, 4) is 11.5 Å². The Labute approximate surface area is 95.0 Å². The molecule has 0 radical (unpaired) electrons. The van der Waals surface area contributed by atoms with Gasteiger partial charge < -0.3 is 20.3 Å². The van der Waals surface area contributed by atoms with Crippen molar-refractivity contribution >= 4 is 0 Å². The number of nitrogens with two attached hydrogens (primary N) is 1. The highest BCUT2D eigenvalue weighted by Gasteiger charge is 2.13. The van der Waals surface area contributed by atoms with Crippen LogP contribution in [0.1, 0.15) is 24.5 Å². The van der Waals surface area contributed by atoms with Crippen LogP contribution < -0.4 is 15.2 Å². The molecule has 1 unspecified atom stereocenters. The maximum atomic E-state index is 9.82. The van der Waals surface area contributed by atoms with Gasteiger partial charge in [-0.3, -0.25) is 0 Å². The highest BCUT2D eigenvalue weighted by atomic mass is 16.5. The van der Waals surface area contributed by atoms with Gasteiger partial charge in [0.1, 0.15) is 0 Å². The predicted octanol–water partition coefficient (Wildman–Crippen LogP) is 1.23. The highest BCUT2D eigenvalue weighted by Crippen LogP contribution is 2.32. The zero-order chi connectivity index (χ0) is 11.4. The average molecular weight is 223 g/mol. The van der Waals surface area contributed by atoms with Crippen molar-refractivity contribution in [1.29, 1.82) is 0 Å². The van der Waals surface area contributed by atoms with E-state index in [1.807, 2.05) is 18.2 Å². The van der Waals surface area contributed by atoms with Crippen LogP contribution in [0, 0.1) is 0 Å². The molecule has 88 valence electrons. The SMILES string of the molecule is NCCC(O)c1ccc2c(c1)OCCCO2. The van der Waals surface area contributed by atoms with Crippen molar-refractivity contribution in [2.45, 2.75) is 18.9 Å². The second kappa shape index (κ2) is 5.18. The van der Waals surface area contributed by atoms with Crippen molar-refractivity contribution in [1.82, 2.24) is 0 Å². The zero-order valence-corrected chi connectivity index (χ0v) is 9.19. The first-order valence-corrected chi connectivity index (χ1v) is 5.59. The molecule has 2 rings (SSSR count). The van der Waals surface area contributed by atoms with E-state index in [-0.39, 0.29) is 0 Å². The summed E-state index contributed by atoms with van der Waals surface area (Å²) in [7, 11) is 0. The second-order valence-corrected chi connectivity index (χ2v) is 3.85. The number of benzene rings is 1. The molecule has 1 aliphatic heterocycles. The zero-order valence-electron chi connectivity index (χ0n) is 9.19. The van der Waals surface area contributed by atoms with E-state index in [9.17, 15) is 5.11 Å². The predicted molar refractivity (Wildman–Crippen MR) is 60.7 cm³/mol. The molecule has 0 spiro atoms. The molecule has 0 saturated heterocycles. The maximum absolute atomic E-state index is 9.82. The van der Waals surface area contributed by atoms with Gasteiger partial charge in [-0.2, -0.15) is 0 Å². The number of fused-ring (bicyclic) bond motifs is 1. The van der Waals surface area contributed by atoms with Crippen LogP contribution in [0.4, 0.5) is 0 Å². The van der Waals surface area contributed by atoms with Gasteiger partial charge in [-0.15, -0.1) is 0 Å².